The number of nitrogens with zero attached hydrogens (tertiary/aromatic N) is 2. The first-order valence-electron chi connectivity index (χ1n) is 5.19. The van der Waals surface area contributed by atoms with Crippen LogP contribution in [0.3, 0.4) is 0 Å². The molecule has 0 radical (unpaired) electrons. The average molecular weight is 298 g/mol. The van der Waals surface area contributed by atoms with Crippen LogP contribution in [0.5, 0.6) is 0 Å². The molecule has 0 amide bonds. The van der Waals surface area contributed by atoms with Crippen molar-refractivity contribution in [1.29, 1.82) is 0 Å². The summed E-state index contributed by atoms with van der Waals surface area (Å²) in [5, 5.41) is 13.5. The Hall–Kier alpha value is -1.24. The van der Waals surface area contributed by atoms with Crippen LogP contribution in [0, 0.1) is 0 Å². The molecule has 5 nitrogen and oxygen atoms in total. The zero-order valence-electron chi connectivity index (χ0n) is 9.01. The lowest BCUT2D eigenvalue weighted by molar-refractivity contribution is 0.127. The van der Waals surface area contributed by atoms with Gasteiger partial charge < -0.3 is 15.4 Å². The van der Waals surface area contributed by atoms with E-state index >= 15 is 0 Å². The first kappa shape index (κ1) is 12.2. The van der Waals surface area contributed by atoms with Gasteiger partial charge in [-0.25, -0.2) is 0 Å². The third kappa shape index (κ3) is 2.71. The number of nitrogens with two attached hydrogens (primary N) is 1. The summed E-state index contributed by atoms with van der Waals surface area (Å²) in [5.74, 6) is 0.643. The van der Waals surface area contributed by atoms with Gasteiger partial charge in [0.05, 0.1) is 0 Å². The van der Waals surface area contributed by atoms with Gasteiger partial charge in [0.25, 0.3) is 5.89 Å². The Balaban J connectivity index is 2.27. The zero-order chi connectivity index (χ0) is 12.3. The van der Waals surface area contributed by atoms with Gasteiger partial charge in [-0.1, -0.05) is 33.2 Å². The minimum Gasteiger partial charge on any atom is -0.383 e. The average Bonchev–Trinajstić information content (AvgIpc) is 2.79. The molecule has 1 atom stereocenters. The summed E-state index contributed by atoms with van der Waals surface area (Å²) in [6.45, 7) is 0.369. The fourth-order valence-electron chi connectivity index (χ4n) is 1.40. The van der Waals surface area contributed by atoms with Crippen molar-refractivity contribution in [2.75, 3.05) is 6.54 Å². The number of benzene rings is 1. The lowest BCUT2D eigenvalue weighted by Gasteiger charge is -2.01. The van der Waals surface area contributed by atoms with Crippen molar-refractivity contribution >= 4 is 15.9 Å². The molecule has 1 heterocycles. The molecule has 0 aliphatic heterocycles. The highest BCUT2D eigenvalue weighted by atomic mass is 79.9. The normalized spacial score (nSPS) is 12.6. The molecule has 1 aromatic heterocycles. The summed E-state index contributed by atoms with van der Waals surface area (Å²) in [5.41, 5.74) is 6.17. The number of rotatable bonds is 4. The summed E-state index contributed by atoms with van der Waals surface area (Å²) in [4.78, 5) is 4.15. The smallest absolute Gasteiger partial charge is 0.255 e. The number of aliphatic hydroxyl groups is 1. The predicted molar refractivity (Wildman–Crippen MR) is 66.1 cm³/mol. The topological polar surface area (TPSA) is 85.2 Å². The number of hydrogen-bond donors (Lipinski definition) is 2. The highest BCUT2D eigenvalue weighted by molar-refractivity contribution is 9.10. The van der Waals surface area contributed by atoms with Crippen molar-refractivity contribution in [3.8, 4) is 11.4 Å². The third-order valence-electron chi connectivity index (χ3n) is 2.28. The number of aromatic nitrogens is 2. The van der Waals surface area contributed by atoms with Crippen LogP contribution in [0.25, 0.3) is 11.4 Å². The van der Waals surface area contributed by atoms with Crippen molar-refractivity contribution in [3.05, 3.63) is 34.6 Å². The van der Waals surface area contributed by atoms with Crippen molar-refractivity contribution in [3.63, 3.8) is 0 Å². The van der Waals surface area contributed by atoms with Gasteiger partial charge in [-0.2, -0.15) is 4.98 Å². The second kappa shape index (κ2) is 5.39. The maximum atomic E-state index is 9.66. The van der Waals surface area contributed by atoms with Crippen molar-refractivity contribution in [2.24, 2.45) is 5.73 Å². The van der Waals surface area contributed by atoms with Gasteiger partial charge in [-0.15, -0.1) is 0 Å². The van der Waals surface area contributed by atoms with Gasteiger partial charge in [-0.3, -0.25) is 0 Å². The molecular formula is C11H12BrN3O2. The first-order valence-corrected chi connectivity index (χ1v) is 5.98. The van der Waals surface area contributed by atoms with Gasteiger partial charge in [0.2, 0.25) is 5.82 Å². The first-order chi connectivity index (χ1) is 8.22. The van der Waals surface area contributed by atoms with E-state index in [-0.39, 0.29) is 5.89 Å². The molecular weight excluding hydrogens is 286 g/mol. The van der Waals surface area contributed by atoms with E-state index in [2.05, 4.69) is 26.1 Å². The van der Waals surface area contributed by atoms with Crippen LogP contribution in [0.15, 0.2) is 33.3 Å². The predicted octanol–water partition coefficient (Wildman–Crippen LogP) is 1.88. The van der Waals surface area contributed by atoms with Gasteiger partial charge in [-0.05, 0) is 25.1 Å². The summed E-state index contributed by atoms with van der Waals surface area (Å²) < 4.78 is 5.88. The van der Waals surface area contributed by atoms with E-state index in [1.807, 2.05) is 24.3 Å². The largest absolute Gasteiger partial charge is 0.383 e. The molecule has 2 aromatic rings. The lowest BCUT2D eigenvalue weighted by Crippen LogP contribution is -2.06. The van der Waals surface area contributed by atoms with Crippen molar-refractivity contribution in [1.82, 2.24) is 10.1 Å². The third-order valence-corrected chi connectivity index (χ3v) is 2.97. The van der Waals surface area contributed by atoms with Crippen LogP contribution in [0.4, 0.5) is 0 Å². The SMILES string of the molecule is NCC[C@H](O)c1nc(-c2ccccc2Br)no1. The van der Waals surface area contributed by atoms with Gasteiger partial charge in [0.1, 0.15) is 6.10 Å². The molecule has 0 unspecified atom stereocenters. The minimum absolute atomic E-state index is 0.196. The van der Waals surface area contributed by atoms with E-state index in [0.29, 0.717) is 18.8 Å². The Morgan fingerprint density at radius 3 is 2.88 bits per heavy atom. The molecule has 0 aliphatic carbocycles. The summed E-state index contributed by atoms with van der Waals surface area (Å²) >= 11 is 3.41. The molecule has 3 N–H and O–H groups in total. The van der Waals surface area contributed by atoms with Gasteiger partial charge >= 0.3 is 0 Å². The van der Waals surface area contributed by atoms with E-state index < -0.39 is 6.10 Å². The molecule has 0 spiro atoms. The van der Waals surface area contributed by atoms with Crippen molar-refractivity contribution < 1.29 is 9.63 Å². The molecule has 1 aromatic carbocycles. The van der Waals surface area contributed by atoms with E-state index in [1.54, 1.807) is 0 Å². The number of aliphatic hydroxyl groups excluding tert-OH is 1. The highest BCUT2D eigenvalue weighted by Crippen LogP contribution is 2.26. The Kier molecular flexibility index (Phi) is 3.88. The Labute approximate surface area is 107 Å². The van der Waals surface area contributed by atoms with E-state index in [1.165, 1.54) is 0 Å². The monoisotopic (exact) mass is 297 g/mol. The van der Waals surface area contributed by atoms with Crippen LogP contribution >= 0.6 is 15.9 Å². The second-order valence-corrected chi connectivity index (χ2v) is 4.38. The summed E-state index contributed by atoms with van der Waals surface area (Å²) in [7, 11) is 0. The van der Waals surface area contributed by atoms with Gasteiger partial charge in [0, 0.05) is 10.0 Å². The molecule has 0 saturated heterocycles. The van der Waals surface area contributed by atoms with Crippen LogP contribution in [0.2, 0.25) is 0 Å². The molecule has 6 heteroatoms. The fraction of sp³-hybridized carbons (Fsp3) is 0.273. The van der Waals surface area contributed by atoms with E-state index in [4.69, 9.17) is 10.3 Å². The molecule has 0 saturated carbocycles. The number of hydrogen-bond acceptors (Lipinski definition) is 5. The zero-order valence-corrected chi connectivity index (χ0v) is 10.6. The summed E-state index contributed by atoms with van der Waals surface area (Å²) in [6, 6.07) is 7.54. The number of halogens is 1. The second-order valence-electron chi connectivity index (χ2n) is 3.53. The Morgan fingerprint density at radius 2 is 2.18 bits per heavy atom. The molecule has 0 fully saturated rings. The maximum Gasteiger partial charge on any atom is 0.255 e. The van der Waals surface area contributed by atoms with E-state index in [9.17, 15) is 5.11 Å². The maximum absolute atomic E-state index is 9.66. The van der Waals surface area contributed by atoms with Crippen LogP contribution in [-0.4, -0.2) is 21.8 Å². The minimum atomic E-state index is -0.802. The molecule has 90 valence electrons. The molecule has 2 rings (SSSR count). The lowest BCUT2D eigenvalue weighted by atomic mass is 10.2. The summed E-state index contributed by atoms with van der Waals surface area (Å²) in [6.07, 6.45) is -0.402. The molecule has 17 heavy (non-hydrogen) atoms. The van der Waals surface area contributed by atoms with Gasteiger partial charge in [0.15, 0.2) is 0 Å². The Morgan fingerprint density at radius 1 is 1.41 bits per heavy atom. The standard InChI is InChI=1S/C11H12BrN3O2/c12-8-4-2-1-3-7(8)10-14-11(17-15-10)9(16)5-6-13/h1-4,9,16H,5-6,13H2/t9-/m0/s1. The van der Waals surface area contributed by atoms with Crippen LogP contribution in [-0.2, 0) is 0 Å². The molecule has 0 bridgehead atoms. The van der Waals surface area contributed by atoms with Crippen LogP contribution in [0.1, 0.15) is 18.4 Å². The fourth-order valence-corrected chi connectivity index (χ4v) is 1.87. The Bertz CT molecular complexity index is 501. The molecule has 0 aliphatic rings. The van der Waals surface area contributed by atoms with Crippen molar-refractivity contribution in [2.45, 2.75) is 12.5 Å². The van der Waals surface area contributed by atoms with Crippen LogP contribution < -0.4 is 5.73 Å². The van der Waals surface area contributed by atoms with E-state index in [0.717, 1.165) is 10.0 Å². The highest BCUT2D eigenvalue weighted by Gasteiger charge is 2.17. The quantitative estimate of drug-likeness (QED) is 0.900.